The minimum Gasteiger partial charge on any atom is -0.465 e. The zero-order valence-corrected chi connectivity index (χ0v) is 15.0. The maximum absolute atomic E-state index is 12.7. The zero-order valence-electron chi connectivity index (χ0n) is 15.0. The number of ether oxygens (including phenoxy) is 1. The van der Waals surface area contributed by atoms with Gasteiger partial charge < -0.3 is 10.1 Å². The average Bonchev–Trinajstić information content (AvgIpc) is 2.61. The number of carbonyl (C=O) groups excluding carboxylic acids is 2. The fraction of sp³-hybridized carbons (Fsp3) is 0.263. The van der Waals surface area contributed by atoms with E-state index in [1.54, 1.807) is 0 Å². The molecule has 0 fully saturated rings. The van der Waals surface area contributed by atoms with Crippen molar-refractivity contribution in [2.75, 3.05) is 12.4 Å². The van der Waals surface area contributed by atoms with Crippen LogP contribution in [0.3, 0.4) is 0 Å². The highest BCUT2D eigenvalue weighted by molar-refractivity contribution is 6.07. The van der Waals surface area contributed by atoms with E-state index in [1.165, 1.54) is 13.2 Å². The molecule has 0 radical (unpaired) electrons. The summed E-state index contributed by atoms with van der Waals surface area (Å²) in [4.78, 5) is 34.9. The van der Waals surface area contributed by atoms with E-state index in [1.807, 2.05) is 39.0 Å². The summed E-state index contributed by atoms with van der Waals surface area (Å²) in [6.07, 6.45) is 0. The summed E-state index contributed by atoms with van der Waals surface area (Å²) < 4.78 is 4.60. The Labute approximate surface area is 151 Å². The van der Waals surface area contributed by atoms with Crippen LogP contribution in [0.15, 0.2) is 36.4 Å². The number of benzene rings is 2. The second kappa shape index (κ2) is 7.77. The summed E-state index contributed by atoms with van der Waals surface area (Å²) in [5, 5.41) is 13.9. The van der Waals surface area contributed by atoms with Gasteiger partial charge in [-0.05, 0) is 30.0 Å². The highest BCUT2D eigenvalue weighted by Gasteiger charge is 2.20. The van der Waals surface area contributed by atoms with Crippen LogP contribution in [0.4, 0.5) is 11.4 Å². The number of amides is 1. The van der Waals surface area contributed by atoms with Gasteiger partial charge in [0.2, 0.25) is 0 Å². The smallest absolute Gasteiger partial charge is 0.338 e. The Hall–Kier alpha value is -3.22. The molecule has 0 aromatic heterocycles. The number of rotatable bonds is 5. The van der Waals surface area contributed by atoms with Gasteiger partial charge in [0, 0.05) is 23.4 Å². The molecule has 0 aliphatic heterocycles. The van der Waals surface area contributed by atoms with E-state index < -0.39 is 16.8 Å². The zero-order chi connectivity index (χ0) is 19.4. The van der Waals surface area contributed by atoms with Crippen molar-refractivity contribution in [1.29, 1.82) is 0 Å². The average molecular weight is 356 g/mol. The third kappa shape index (κ3) is 4.05. The van der Waals surface area contributed by atoms with E-state index in [0.29, 0.717) is 5.69 Å². The predicted octanol–water partition coefficient (Wildman–Crippen LogP) is 4.07. The minimum absolute atomic E-state index is 0.0116. The van der Waals surface area contributed by atoms with Crippen LogP contribution in [0.2, 0.25) is 0 Å². The van der Waals surface area contributed by atoms with Crippen LogP contribution in [0, 0.1) is 17.0 Å². The molecule has 7 nitrogen and oxygen atoms in total. The Morgan fingerprint density at radius 2 is 1.81 bits per heavy atom. The molecule has 0 saturated heterocycles. The lowest BCUT2D eigenvalue weighted by Crippen LogP contribution is -2.16. The van der Waals surface area contributed by atoms with Crippen molar-refractivity contribution in [3.63, 3.8) is 0 Å². The Morgan fingerprint density at radius 3 is 2.38 bits per heavy atom. The van der Waals surface area contributed by atoms with E-state index in [9.17, 15) is 19.7 Å². The lowest BCUT2D eigenvalue weighted by molar-refractivity contribution is -0.384. The standard InChI is InChI=1S/C19H20N2O5/c1-11(2)16-7-5-6-12(3)17(16)20-18(22)13-8-14(19(23)26-4)10-15(9-13)21(24)25/h5-11H,1-4H3,(H,20,22). The molecule has 0 aliphatic rings. The first kappa shape index (κ1) is 19.1. The number of nitrogens with zero attached hydrogens (tertiary/aromatic N) is 1. The topological polar surface area (TPSA) is 98.5 Å². The normalized spacial score (nSPS) is 10.5. The number of carbonyl (C=O) groups is 2. The summed E-state index contributed by atoms with van der Waals surface area (Å²) in [6.45, 7) is 5.88. The van der Waals surface area contributed by atoms with Crippen LogP contribution >= 0.6 is 0 Å². The van der Waals surface area contributed by atoms with Crippen molar-refractivity contribution >= 4 is 23.3 Å². The molecule has 2 rings (SSSR count). The SMILES string of the molecule is COC(=O)c1cc(C(=O)Nc2c(C)cccc2C(C)C)cc([N+](=O)[O-])c1. The van der Waals surface area contributed by atoms with E-state index in [0.717, 1.165) is 23.3 Å². The Balaban J connectivity index is 2.46. The number of nitro benzene ring substituents is 1. The van der Waals surface area contributed by atoms with Gasteiger partial charge in [0.15, 0.2) is 0 Å². The van der Waals surface area contributed by atoms with Crippen molar-refractivity contribution in [2.45, 2.75) is 26.7 Å². The lowest BCUT2D eigenvalue weighted by Gasteiger charge is -2.16. The Bertz CT molecular complexity index is 874. The van der Waals surface area contributed by atoms with Crippen molar-refractivity contribution in [2.24, 2.45) is 0 Å². The number of hydrogen-bond donors (Lipinski definition) is 1. The van der Waals surface area contributed by atoms with Crippen molar-refractivity contribution < 1.29 is 19.2 Å². The molecule has 0 spiro atoms. The first-order valence-electron chi connectivity index (χ1n) is 8.03. The first-order chi connectivity index (χ1) is 12.2. The quantitative estimate of drug-likeness (QED) is 0.495. The van der Waals surface area contributed by atoms with Crippen LogP contribution in [0.1, 0.15) is 51.6 Å². The molecule has 136 valence electrons. The van der Waals surface area contributed by atoms with E-state index in [-0.39, 0.29) is 22.7 Å². The molecule has 1 amide bonds. The summed E-state index contributed by atoms with van der Waals surface area (Å²) in [5.41, 5.74) is 2.10. The molecule has 0 saturated carbocycles. The largest absolute Gasteiger partial charge is 0.465 e. The van der Waals surface area contributed by atoms with Gasteiger partial charge in [0.05, 0.1) is 17.6 Å². The van der Waals surface area contributed by atoms with Crippen molar-refractivity contribution in [1.82, 2.24) is 0 Å². The number of anilines is 1. The number of methoxy groups -OCH3 is 1. The highest BCUT2D eigenvalue weighted by Crippen LogP contribution is 2.28. The lowest BCUT2D eigenvalue weighted by atomic mass is 9.98. The second-order valence-corrected chi connectivity index (χ2v) is 6.17. The fourth-order valence-corrected chi connectivity index (χ4v) is 2.61. The monoisotopic (exact) mass is 356 g/mol. The Kier molecular flexibility index (Phi) is 5.71. The molecule has 1 N–H and O–H groups in total. The molecule has 26 heavy (non-hydrogen) atoms. The van der Waals surface area contributed by atoms with Gasteiger partial charge in [-0.2, -0.15) is 0 Å². The summed E-state index contributed by atoms with van der Waals surface area (Å²) in [6, 6.07) is 9.19. The molecule has 0 heterocycles. The van der Waals surface area contributed by atoms with Crippen molar-refractivity contribution in [3.8, 4) is 0 Å². The van der Waals surface area contributed by atoms with E-state index in [4.69, 9.17) is 0 Å². The van der Waals surface area contributed by atoms with Gasteiger partial charge >= 0.3 is 5.97 Å². The van der Waals surface area contributed by atoms with Gasteiger partial charge in [-0.1, -0.05) is 32.0 Å². The predicted molar refractivity (Wildman–Crippen MR) is 97.7 cm³/mol. The molecule has 0 aliphatic carbocycles. The van der Waals surface area contributed by atoms with Gasteiger partial charge in [-0.3, -0.25) is 14.9 Å². The van der Waals surface area contributed by atoms with Gasteiger partial charge in [-0.15, -0.1) is 0 Å². The molecule has 0 unspecified atom stereocenters. The van der Waals surface area contributed by atoms with Gasteiger partial charge in [0.1, 0.15) is 0 Å². The van der Waals surface area contributed by atoms with Crippen LogP contribution in [0.25, 0.3) is 0 Å². The van der Waals surface area contributed by atoms with Crippen molar-refractivity contribution in [3.05, 3.63) is 68.8 Å². The number of nitrogens with one attached hydrogen (secondary N) is 1. The van der Waals surface area contributed by atoms with Crippen LogP contribution in [-0.4, -0.2) is 23.9 Å². The molecular formula is C19H20N2O5. The third-order valence-corrected chi connectivity index (χ3v) is 3.98. The van der Waals surface area contributed by atoms with Crippen LogP contribution < -0.4 is 5.32 Å². The molecule has 0 bridgehead atoms. The number of aryl methyl sites for hydroxylation is 1. The number of non-ortho nitro benzene ring substituents is 1. The van der Waals surface area contributed by atoms with Crippen LogP contribution in [-0.2, 0) is 4.74 Å². The maximum atomic E-state index is 12.7. The number of esters is 1. The van der Waals surface area contributed by atoms with E-state index in [2.05, 4.69) is 10.1 Å². The molecular weight excluding hydrogens is 336 g/mol. The summed E-state index contributed by atoms with van der Waals surface area (Å²) in [7, 11) is 1.17. The second-order valence-electron chi connectivity index (χ2n) is 6.17. The van der Waals surface area contributed by atoms with Crippen LogP contribution in [0.5, 0.6) is 0 Å². The molecule has 0 atom stereocenters. The first-order valence-corrected chi connectivity index (χ1v) is 8.03. The summed E-state index contributed by atoms with van der Waals surface area (Å²) in [5.74, 6) is -1.10. The fourth-order valence-electron chi connectivity index (χ4n) is 2.61. The number of para-hydroxylation sites is 1. The molecule has 2 aromatic rings. The van der Waals surface area contributed by atoms with E-state index >= 15 is 0 Å². The Morgan fingerprint density at radius 1 is 1.15 bits per heavy atom. The summed E-state index contributed by atoms with van der Waals surface area (Å²) >= 11 is 0. The number of nitro groups is 1. The highest BCUT2D eigenvalue weighted by atomic mass is 16.6. The maximum Gasteiger partial charge on any atom is 0.338 e. The molecule has 2 aromatic carbocycles. The van der Waals surface area contributed by atoms with Gasteiger partial charge in [-0.25, -0.2) is 4.79 Å². The van der Waals surface area contributed by atoms with Gasteiger partial charge in [0.25, 0.3) is 11.6 Å². The third-order valence-electron chi connectivity index (χ3n) is 3.98. The number of hydrogen-bond acceptors (Lipinski definition) is 5. The molecule has 7 heteroatoms. The minimum atomic E-state index is -0.749.